The molecule has 0 aliphatic heterocycles. The van der Waals surface area contributed by atoms with Gasteiger partial charge in [-0.3, -0.25) is 24.4 Å². The zero-order chi connectivity index (χ0) is 67.4. The van der Waals surface area contributed by atoms with Crippen molar-refractivity contribution >= 4 is 42.3 Å². The number of quaternary nitrogens is 1. The van der Waals surface area contributed by atoms with E-state index in [1.807, 2.05) is 18.2 Å². The molecule has 0 saturated carbocycles. The smallest absolute Gasteiger partial charge is 0.370 e. The Morgan fingerprint density at radius 2 is 0.615 bits per heavy atom. The summed E-state index contributed by atoms with van der Waals surface area (Å²) < 4.78 is 95.4. The number of hydrogen-bond donors (Lipinski definition) is 9. The van der Waals surface area contributed by atoms with Crippen molar-refractivity contribution in [2.75, 3.05) is 26.2 Å². The first kappa shape index (κ1) is 87.0. The molecule has 526 valence electrons. The Hall–Kier alpha value is -3.95. The Bertz CT molecular complexity index is 2320. The maximum absolute atomic E-state index is 11.3. The van der Waals surface area contributed by atoms with Crippen LogP contribution in [0.4, 0.5) is 0 Å². The van der Waals surface area contributed by atoms with Crippen LogP contribution in [0.1, 0.15) is 307 Å². The summed E-state index contributed by atoms with van der Waals surface area (Å²) in [7, 11) is -12.3. The lowest BCUT2D eigenvalue weighted by Gasteiger charge is -2.07. The van der Waals surface area contributed by atoms with Gasteiger partial charge in [0.15, 0.2) is 5.96 Å². The van der Waals surface area contributed by atoms with Crippen LogP contribution in [0.25, 0.3) is 0 Å². The van der Waals surface area contributed by atoms with Gasteiger partial charge in [0.05, 0.1) is 21.2 Å². The van der Waals surface area contributed by atoms with E-state index in [1.54, 1.807) is 36.4 Å². The second kappa shape index (κ2) is 59.8. The van der Waals surface area contributed by atoms with Crippen molar-refractivity contribution in [3.8, 4) is 0 Å². The van der Waals surface area contributed by atoms with Gasteiger partial charge in [0.25, 0.3) is 30.4 Å². The SMILES string of the molecule is CCCCCCCCCCCCc1ccccc1S(=O)(=O)O.CCCCCCCCCCCCc1ccccc1S(=O)(=O)O.CCCCCCCCCCCCc1ccccc1S(=O)(=O)O.NC(N)=NCCCCCCCCNCCCCCCCC[NH+]=C(N)[NH3+]. The van der Waals surface area contributed by atoms with Crippen LogP contribution in [-0.4, -0.2) is 77.0 Å². The second-order valence-corrected chi connectivity index (χ2v) is 29.0. The third kappa shape index (κ3) is 55.1. The second-order valence-electron chi connectivity index (χ2n) is 24.8. The molecule has 3 aromatic rings. The number of nitrogens with two attached hydrogens (primary N) is 3. The molecule has 0 atom stereocenters. The predicted octanol–water partition coefficient (Wildman–Crippen LogP) is 15.4. The summed E-state index contributed by atoms with van der Waals surface area (Å²) in [4.78, 5) is 7.23. The van der Waals surface area contributed by atoms with E-state index in [9.17, 15) is 38.9 Å². The summed E-state index contributed by atoms with van der Waals surface area (Å²) in [6.45, 7) is 10.7. The average Bonchev–Trinajstić information content (AvgIpc) is 1.50. The number of unbranched alkanes of at least 4 members (excludes halogenated alkanes) is 37. The lowest BCUT2D eigenvalue weighted by molar-refractivity contribution is -0.504. The van der Waals surface area contributed by atoms with Gasteiger partial charge in [-0.1, -0.05) is 294 Å². The topological polar surface area (TPSA) is 307 Å². The van der Waals surface area contributed by atoms with Crippen molar-refractivity contribution < 1.29 is 49.6 Å². The summed E-state index contributed by atoms with van der Waals surface area (Å²) in [6, 6.07) is 20.2. The van der Waals surface area contributed by atoms with E-state index in [4.69, 9.17) is 17.2 Å². The lowest BCUT2D eigenvalue weighted by Crippen LogP contribution is -2.88. The van der Waals surface area contributed by atoms with Crippen LogP contribution in [0.3, 0.4) is 0 Å². The molecule has 14 N–H and O–H groups in total. The standard InChI is InChI=1S/C18H41N7.3C18H30O3S/c19-17(20)24-15-11-7-3-1-5-9-13-23-14-10-6-2-4-8-12-16-25-18(21)22;3*1-2-3-4-5-6-7-8-9-10-11-14-17-15-12-13-16-18(17)22(19,20)21/h23H,1-16H2,(H4,19,20,24)(H4,21,22,25);3*12-13,15-16H,2-11,14H2,1H3,(H,19,20,21)/p+2. The minimum atomic E-state index is -4.10. The molecule has 0 saturated heterocycles. The van der Waals surface area contributed by atoms with Gasteiger partial charge in [0, 0.05) is 6.54 Å². The molecule has 0 unspecified atom stereocenters. The lowest BCUT2D eigenvalue weighted by atomic mass is 10.0. The maximum Gasteiger partial charge on any atom is 0.434 e. The molecule has 91 heavy (non-hydrogen) atoms. The van der Waals surface area contributed by atoms with Gasteiger partial charge in [-0.2, -0.15) is 25.3 Å². The fourth-order valence-electron chi connectivity index (χ4n) is 11.0. The van der Waals surface area contributed by atoms with Crippen molar-refractivity contribution in [1.82, 2.24) is 5.32 Å². The highest BCUT2D eigenvalue weighted by Gasteiger charge is 2.16. The molecule has 0 aromatic heterocycles. The van der Waals surface area contributed by atoms with Gasteiger partial charge in [-0.15, -0.1) is 0 Å². The minimum Gasteiger partial charge on any atom is -0.370 e. The molecule has 0 aliphatic carbocycles. The fraction of sp³-hybridized carbons (Fsp3) is 0.722. The molecular formula is C72H133N7O9S3+2. The number of nitrogens with one attached hydrogen (secondary N) is 2. The Labute approximate surface area is 556 Å². The van der Waals surface area contributed by atoms with Crippen molar-refractivity contribution in [2.24, 2.45) is 22.2 Å². The van der Waals surface area contributed by atoms with Gasteiger partial charge < -0.3 is 16.8 Å². The minimum absolute atomic E-state index is 0.0610. The van der Waals surface area contributed by atoms with Gasteiger partial charge in [0.1, 0.15) is 0 Å². The summed E-state index contributed by atoms with van der Waals surface area (Å²) in [5, 5.41) is 3.55. The van der Waals surface area contributed by atoms with E-state index in [0.717, 1.165) is 87.8 Å². The highest BCUT2D eigenvalue weighted by molar-refractivity contribution is 7.86. The Kier molecular flexibility index (Phi) is 57.2. The maximum atomic E-state index is 11.3. The highest BCUT2D eigenvalue weighted by atomic mass is 32.2. The highest BCUT2D eigenvalue weighted by Crippen LogP contribution is 2.22. The molecule has 3 aromatic carbocycles. The van der Waals surface area contributed by atoms with E-state index < -0.39 is 30.4 Å². The Balaban J connectivity index is 0.00000119. The average molecular weight is 1340 g/mol. The molecule has 0 amide bonds. The van der Waals surface area contributed by atoms with Crippen LogP contribution in [0.15, 0.2) is 92.5 Å². The summed E-state index contributed by atoms with van der Waals surface area (Å²) in [5.41, 5.74) is 21.8. The molecule has 16 nitrogen and oxygen atoms in total. The molecule has 0 aliphatic rings. The monoisotopic (exact) mass is 1340 g/mol. The third-order valence-corrected chi connectivity index (χ3v) is 19.2. The van der Waals surface area contributed by atoms with E-state index >= 15 is 0 Å². The first-order valence-corrected chi connectivity index (χ1v) is 40.2. The van der Waals surface area contributed by atoms with Crippen LogP contribution in [-0.2, 0) is 49.6 Å². The molecule has 0 fully saturated rings. The van der Waals surface area contributed by atoms with Crippen LogP contribution in [0.2, 0.25) is 0 Å². The number of aliphatic imine (C=N–C) groups is 1. The van der Waals surface area contributed by atoms with Crippen LogP contribution < -0.4 is 33.2 Å². The van der Waals surface area contributed by atoms with Crippen LogP contribution in [0.5, 0.6) is 0 Å². The third-order valence-electron chi connectivity index (χ3n) is 16.3. The largest absolute Gasteiger partial charge is 0.434 e. The van der Waals surface area contributed by atoms with E-state index in [0.29, 0.717) is 25.2 Å². The summed E-state index contributed by atoms with van der Waals surface area (Å²) >= 11 is 0. The zero-order valence-corrected chi connectivity index (χ0v) is 59.9. The van der Waals surface area contributed by atoms with Crippen molar-refractivity contribution in [3.05, 3.63) is 89.5 Å². The van der Waals surface area contributed by atoms with Gasteiger partial charge in [0.2, 0.25) is 0 Å². The van der Waals surface area contributed by atoms with Crippen molar-refractivity contribution in [2.45, 2.75) is 324 Å². The van der Waals surface area contributed by atoms with Crippen LogP contribution in [0, 0.1) is 0 Å². The number of hydrogen-bond acceptors (Lipinski definition) is 8. The first-order valence-electron chi connectivity index (χ1n) is 35.9. The zero-order valence-electron chi connectivity index (χ0n) is 57.5. The van der Waals surface area contributed by atoms with Gasteiger partial charge in [-0.25, -0.2) is 10.7 Å². The van der Waals surface area contributed by atoms with Crippen molar-refractivity contribution in [3.63, 3.8) is 0 Å². The van der Waals surface area contributed by atoms with Gasteiger partial charge >= 0.3 is 5.96 Å². The number of guanidine groups is 2. The fourth-order valence-corrected chi connectivity index (χ4v) is 13.3. The summed E-state index contributed by atoms with van der Waals surface area (Å²) in [6.07, 6.45) is 55.2. The van der Waals surface area contributed by atoms with Crippen molar-refractivity contribution in [1.29, 1.82) is 0 Å². The Morgan fingerprint density at radius 1 is 0.374 bits per heavy atom. The van der Waals surface area contributed by atoms with Crippen LogP contribution >= 0.6 is 0 Å². The Morgan fingerprint density at radius 3 is 0.879 bits per heavy atom. The quantitative estimate of drug-likeness (QED) is 0.0110. The van der Waals surface area contributed by atoms with Gasteiger partial charge in [-0.05, 0) is 119 Å². The molecule has 19 heteroatoms. The molecule has 0 bridgehead atoms. The normalized spacial score (nSPS) is 11.7. The van der Waals surface area contributed by atoms with E-state index in [-0.39, 0.29) is 20.6 Å². The number of benzene rings is 3. The first-order chi connectivity index (χ1) is 43.8. The number of nitrogens with zero attached hydrogens (tertiary/aromatic N) is 1. The summed E-state index contributed by atoms with van der Waals surface area (Å²) in [5.74, 6) is 0.784. The van der Waals surface area contributed by atoms with E-state index in [1.165, 1.54) is 243 Å². The number of rotatable bonds is 54. The predicted molar refractivity (Wildman–Crippen MR) is 382 cm³/mol. The molecule has 0 spiro atoms. The van der Waals surface area contributed by atoms with E-state index in [2.05, 4.69) is 41.8 Å². The molecular weight excluding hydrogens is 1200 g/mol. The number of aryl methyl sites for hydroxylation is 3. The molecule has 0 radical (unpaired) electrons. The molecule has 0 heterocycles. The molecule has 3 rings (SSSR count).